The Morgan fingerprint density at radius 3 is 2.95 bits per heavy atom. The van der Waals surface area contributed by atoms with Gasteiger partial charge in [0, 0.05) is 25.9 Å². The quantitative estimate of drug-likeness (QED) is 0.849. The lowest BCUT2D eigenvalue weighted by Crippen LogP contribution is -2.38. The fraction of sp³-hybridized carbons (Fsp3) is 0.643. The molecule has 112 valence electrons. The molecule has 0 spiro atoms. The topological polar surface area (TPSA) is 25.4 Å². The molecular formula is C14H19F3N2O. The van der Waals surface area contributed by atoms with Gasteiger partial charge in [-0.15, -0.1) is 0 Å². The van der Waals surface area contributed by atoms with Crippen LogP contribution in [0.3, 0.4) is 0 Å². The highest BCUT2D eigenvalue weighted by molar-refractivity contribution is 5.48. The van der Waals surface area contributed by atoms with Crippen molar-refractivity contribution in [1.29, 1.82) is 0 Å². The molecule has 2 rings (SSSR count). The van der Waals surface area contributed by atoms with Crippen molar-refractivity contribution in [2.45, 2.75) is 25.9 Å². The number of anilines is 1. The fourth-order valence-corrected chi connectivity index (χ4v) is 2.55. The summed E-state index contributed by atoms with van der Waals surface area (Å²) >= 11 is 0. The minimum Gasteiger partial charge on any atom is -0.381 e. The molecule has 0 saturated carbocycles. The zero-order valence-corrected chi connectivity index (χ0v) is 11.5. The van der Waals surface area contributed by atoms with Gasteiger partial charge in [-0.25, -0.2) is 4.98 Å². The van der Waals surface area contributed by atoms with Gasteiger partial charge < -0.3 is 9.64 Å². The van der Waals surface area contributed by atoms with Gasteiger partial charge in [0.25, 0.3) is 0 Å². The van der Waals surface area contributed by atoms with Gasteiger partial charge in [-0.05, 0) is 37.8 Å². The number of halogens is 3. The molecule has 3 nitrogen and oxygen atoms in total. The van der Waals surface area contributed by atoms with Crippen molar-refractivity contribution in [3.63, 3.8) is 0 Å². The number of alkyl halides is 3. The van der Waals surface area contributed by atoms with Crippen molar-refractivity contribution >= 4 is 5.82 Å². The van der Waals surface area contributed by atoms with E-state index in [2.05, 4.69) is 4.98 Å². The molecule has 0 bridgehead atoms. The highest BCUT2D eigenvalue weighted by Crippen LogP contribution is 2.36. The lowest BCUT2D eigenvalue weighted by molar-refractivity contribution is -0.137. The second-order valence-electron chi connectivity index (χ2n) is 4.99. The largest absolute Gasteiger partial charge is 0.419 e. The lowest BCUT2D eigenvalue weighted by atomic mass is 9.98. The van der Waals surface area contributed by atoms with Gasteiger partial charge in [0.1, 0.15) is 5.82 Å². The van der Waals surface area contributed by atoms with Crippen LogP contribution in [0.5, 0.6) is 0 Å². The van der Waals surface area contributed by atoms with Crippen LogP contribution in [0.1, 0.15) is 25.3 Å². The fourth-order valence-electron chi connectivity index (χ4n) is 2.55. The van der Waals surface area contributed by atoms with Crippen LogP contribution >= 0.6 is 0 Å². The highest BCUT2D eigenvalue weighted by atomic mass is 19.4. The summed E-state index contributed by atoms with van der Waals surface area (Å²) in [6.07, 6.45) is -1.09. The zero-order chi connectivity index (χ0) is 14.6. The van der Waals surface area contributed by atoms with Crippen LogP contribution in [0.15, 0.2) is 18.3 Å². The normalized spacial score (nSPS) is 20.2. The van der Waals surface area contributed by atoms with Crippen LogP contribution in [-0.4, -0.2) is 31.3 Å². The number of hydrogen-bond acceptors (Lipinski definition) is 3. The average Bonchev–Trinajstić information content (AvgIpc) is 2.44. The predicted molar refractivity (Wildman–Crippen MR) is 70.7 cm³/mol. The highest BCUT2D eigenvalue weighted by Gasteiger charge is 2.36. The standard InChI is InChI=1S/C14H19F3N2O/c1-2-20-10-11-5-4-8-19(9-11)13-12(14(15,16)17)6-3-7-18-13/h3,6-7,11H,2,4-5,8-10H2,1H3. The number of aromatic nitrogens is 1. The monoisotopic (exact) mass is 288 g/mol. The summed E-state index contributed by atoms with van der Waals surface area (Å²) < 4.78 is 44.4. The van der Waals surface area contributed by atoms with Gasteiger partial charge in [-0.3, -0.25) is 0 Å². The van der Waals surface area contributed by atoms with Crippen LogP contribution in [0.25, 0.3) is 0 Å². The number of piperidine rings is 1. The Balaban J connectivity index is 2.15. The van der Waals surface area contributed by atoms with Gasteiger partial charge >= 0.3 is 6.18 Å². The first-order chi connectivity index (χ1) is 9.52. The van der Waals surface area contributed by atoms with Crippen molar-refractivity contribution in [3.05, 3.63) is 23.9 Å². The lowest BCUT2D eigenvalue weighted by Gasteiger charge is -2.34. The maximum atomic E-state index is 13.0. The Morgan fingerprint density at radius 2 is 2.25 bits per heavy atom. The molecule has 1 unspecified atom stereocenters. The van der Waals surface area contributed by atoms with Gasteiger partial charge in [0.2, 0.25) is 0 Å². The van der Waals surface area contributed by atoms with Gasteiger partial charge in [0.15, 0.2) is 0 Å². The van der Waals surface area contributed by atoms with E-state index in [1.165, 1.54) is 12.3 Å². The van der Waals surface area contributed by atoms with Crippen molar-refractivity contribution in [3.8, 4) is 0 Å². The van der Waals surface area contributed by atoms with Gasteiger partial charge in [-0.1, -0.05) is 0 Å². The minimum absolute atomic E-state index is 0.0428. The summed E-state index contributed by atoms with van der Waals surface area (Å²) in [6, 6.07) is 2.42. The molecule has 1 aromatic heterocycles. The summed E-state index contributed by atoms with van der Waals surface area (Å²) in [5.41, 5.74) is -0.656. The third kappa shape index (κ3) is 3.62. The first-order valence-corrected chi connectivity index (χ1v) is 6.87. The molecule has 2 heterocycles. The van der Waals surface area contributed by atoms with Crippen molar-refractivity contribution in [2.24, 2.45) is 5.92 Å². The van der Waals surface area contributed by atoms with Crippen molar-refractivity contribution < 1.29 is 17.9 Å². The zero-order valence-electron chi connectivity index (χ0n) is 11.5. The molecule has 1 aliphatic rings. The molecule has 0 aromatic carbocycles. The summed E-state index contributed by atoms with van der Waals surface area (Å²) in [6.45, 7) is 4.33. The Kier molecular flexibility index (Phi) is 4.86. The van der Waals surface area contributed by atoms with Crippen LogP contribution in [0, 0.1) is 5.92 Å². The van der Waals surface area contributed by atoms with Gasteiger partial charge in [-0.2, -0.15) is 13.2 Å². The van der Waals surface area contributed by atoms with E-state index in [-0.39, 0.29) is 11.7 Å². The summed E-state index contributed by atoms with van der Waals surface area (Å²) in [5.74, 6) is 0.313. The molecule has 1 atom stereocenters. The molecule has 0 aliphatic carbocycles. The third-order valence-electron chi connectivity index (χ3n) is 3.47. The maximum Gasteiger partial charge on any atom is 0.419 e. The van der Waals surface area contributed by atoms with E-state index in [0.29, 0.717) is 26.3 Å². The van der Waals surface area contributed by atoms with Gasteiger partial charge in [0.05, 0.1) is 12.2 Å². The van der Waals surface area contributed by atoms with E-state index in [0.717, 1.165) is 18.9 Å². The summed E-state index contributed by atoms with van der Waals surface area (Å²) in [4.78, 5) is 5.68. The molecule has 1 fully saturated rings. The number of ether oxygens (including phenoxy) is 1. The molecule has 1 aliphatic heterocycles. The summed E-state index contributed by atoms with van der Waals surface area (Å²) in [7, 11) is 0. The van der Waals surface area contributed by atoms with E-state index in [1.807, 2.05) is 6.92 Å². The Morgan fingerprint density at radius 1 is 1.45 bits per heavy atom. The van der Waals surface area contributed by atoms with E-state index in [9.17, 15) is 13.2 Å². The van der Waals surface area contributed by atoms with Crippen molar-refractivity contribution in [2.75, 3.05) is 31.2 Å². The van der Waals surface area contributed by atoms with E-state index >= 15 is 0 Å². The second-order valence-corrected chi connectivity index (χ2v) is 4.99. The van der Waals surface area contributed by atoms with Crippen LogP contribution < -0.4 is 4.90 Å². The number of hydrogen-bond donors (Lipinski definition) is 0. The number of nitrogens with zero attached hydrogens (tertiary/aromatic N) is 2. The molecule has 0 amide bonds. The Hall–Kier alpha value is -1.30. The number of pyridine rings is 1. The Bertz CT molecular complexity index is 437. The average molecular weight is 288 g/mol. The molecule has 0 radical (unpaired) electrons. The van der Waals surface area contributed by atoms with Crippen LogP contribution in [0.4, 0.5) is 19.0 Å². The van der Waals surface area contributed by atoms with Crippen LogP contribution in [0.2, 0.25) is 0 Å². The molecule has 20 heavy (non-hydrogen) atoms. The third-order valence-corrected chi connectivity index (χ3v) is 3.47. The van der Waals surface area contributed by atoms with Crippen LogP contribution in [-0.2, 0) is 10.9 Å². The summed E-state index contributed by atoms with van der Waals surface area (Å²) in [5, 5.41) is 0. The number of rotatable bonds is 4. The minimum atomic E-state index is -4.36. The molecule has 6 heteroatoms. The molecule has 1 aromatic rings. The Labute approximate surface area is 116 Å². The SMILES string of the molecule is CCOCC1CCCN(c2ncccc2C(F)(F)F)C1. The van der Waals surface area contributed by atoms with E-state index < -0.39 is 11.7 Å². The van der Waals surface area contributed by atoms with E-state index in [1.54, 1.807) is 4.90 Å². The molecule has 1 saturated heterocycles. The molecular weight excluding hydrogens is 269 g/mol. The van der Waals surface area contributed by atoms with E-state index in [4.69, 9.17) is 4.74 Å². The van der Waals surface area contributed by atoms with Crippen molar-refractivity contribution in [1.82, 2.24) is 4.98 Å². The predicted octanol–water partition coefficient (Wildman–Crippen LogP) is 3.35. The smallest absolute Gasteiger partial charge is 0.381 e. The maximum absolute atomic E-state index is 13.0. The second kappa shape index (κ2) is 6.43. The first kappa shape index (κ1) is 15.1. The molecule has 0 N–H and O–H groups in total. The first-order valence-electron chi connectivity index (χ1n) is 6.87.